The van der Waals surface area contributed by atoms with Crippen molar-refractivity contribution in [3.05, 3.63) is 21.7 Å². The van der Waals surface area contributed by atoms with Gasteiger partial charge in [0.15, 0.2) is 0 Å². The second-order valence-electron chi connectivity index (χ2n) is 5.43. The maximum atomic E-state index is 5.39. The van der Waals surface area contributed by atoms with E-state index in [9.17, 15) is 0 Å². The maximum Gasteiger partial charge on any atom is 0.132 e. The molecule has 1 saturated carbocycles. The predicted molar refractivity (Wildman–Crippen MR) is 78.6 cm³/mol. The molecule has 0 spiro atoms. The summed E-state index contributed by atoms with van der Waals surface area (Å²) in [5.41, 5.74) is 2.43. The molecule has 1 aromatic rings. The third kappa shape index (κ3) is 3.19. The summed E-state index contributed by atoms with van der Waals surface area (Å²) in [5.74, 6) is 1.74. The molecule has 2 rings (SSSR count). The molecule has 1 N–H and O–H groups in total. The van der Waals surface area contributed by atoms with Crippen LogP contribution in [0.15, 0.2) is 0 Å². The van der Waals surface area contributed by atoms with Crippen LogP contribution in [-0.2, 0) is 6.42 Å². The summed E-state index contributed by atoms with van der Waals surface area (Å²) in [4.78, 5) is 8.18. The van der Waals surface area contributed by atoms with Gasteiger partial charge < -0.3 is 4.98 Å². The number of nitrogens with one attached hydrogen (secondary N) is 1. The average molecular weight is 264 g/mol. The van der Waals surface area contributed by atoms with E-state index in [-0.39, 0.29) is 0 Å². The van der Waals surface area contributed by atoms with Crippen LogP contribution >= 0.6 is 12.2 Å². The Morgan fingerprint density at radius 3 is 2.39 bits per heavy atom. The molecule has 0 atom stereocenters. The first-order valence-electron chi connectivity index (χ1n) is 7.32. The van der Waals surface area contributed by atoms with Gasteiger partial charge in [-0.15, -0.1) is 0 Å². The lowest BCUT2D eigenvalue weighted by atomic mass is 9.90. The van der Waals surface area contributed by atoms with Crippen molar-refractivity contribution in [3.63, 3.8) is 0 Å². The van der Waals surface area contributed by atoms with Crippen LogP contribution in [0.5, 0.6) is 0 Å². The van der Waals surface area contributed by atoms with E-state index in [1.165, 1.54) is 50.6 Å². The summed E-state index contributed by atoms with van der Waals surface area (Å²) in [6.07, 6.45) is 10.4. The predicted octanol–water partition coefficient (Wildman–Crippen LogP) is 4.84. The summed E-state index contributed by atoms with van der Waals surface area (Å²) < 4.78 is 0.794. The normalized spacial score (nSPS) is 18.3. The lowest BCUT2D eigenvalue weighted by Gasteiger charge is -2.20. The zero-order valence-electron chi connectivity index (χ0n) is 11.6. The maximum absolute atomic E-state index is 5.39. The molecule has 3 heteroatoms. The van der Waals surface area contributed by atoms with Crippen molar-refractivity contribution in [1.29, 1.82) is 0 Å². The van der Waals surface area contributed by atoms with Crippen LogP contribution < -0.4 is 0 Å². The molecule has 1 aliphatic carbocycles. The van der Waals surface area contributed by atoms with E-state index < -0.39 is 0 Å². The number of nitrogens with zero attached hydrogens (tertiary/aromatic N) is 1. The van der Waals surface area contributed by atoms with Crippen LogP contribution in [0.4, 0.5) is 0 Å². The Bertz CT molecular complexity index is 442. The minimum absolute atomic E-state index is 0.595. The number of H-pyrrole nitrogens is 1. The van der Waals surface area contributed by atoms with Gasteiger partial charge in [-0.1, -0.05) is 51.2 Å². The third-order valence-corrected chi connectivity index (χ3v) is 4.52. The van der Waals surface area contributed by atoms with Crippen molar-refractivity contribution in [3.8, 4) is 0 Å². The molecule has 100 valence electrons. The zero-order valence-corrected chi connectivity index (χ0v) is 12.4. The van der Waals surface area contributed by atoms with Gasteiger partial charge in [-0.05, 0) is 26.2 Å². The van der Waals surface area contributed by atoms with Crippen LogP contribution in [0.2, 0.25) is 0 Å². The first kappa shape index (κ1) is 13.7. The zero-order chi connectivity index (χ0) is 13.0. The fourth-order valence-electron chi connectivity index (χ4n) is 2.88. The lowest BCUT2D eigenvalue weighted by molar-refractivity contribution is 0.441. The van der Waals surface area contributed by atoms with E-state index in [2.05, 4.69) is 23.8 Å². The van der Waals surface area contributed by atoms with Crippen molar-refractivity contribution < 1.29 is 0 Å². The van der Waals surface area contributed by atoms with Crippen LogP contribution in [0.3, 0.4) is 0 Å². The SMILES string of the molecule is CCc1[nH]c(C2CCCCCCC2)nc(=S)c1C. The van der Waals surface area contributed by atoms with Gasteiger partial charge in [0.05, 0.1) is 0 Å². The molecule has 0 aromatic carbocycles. The number of aromatic amines is 1. The smallest absolute Gasteiger partial charge is 0.132 e. The van der Waals surface area contributed by atoms with Crippen molar-refractivity contribution >= 4 is 12.2 Å². The van der Waals surface area contributed by atoms with Gasteiger partial charge >= 0.3 is 0 Å². The van der Waals surface area contributed by atoms with Gasteiger partial charge in [0, 0.05) is 17.2 Å². The highest BCUT2D eigenvalue weighted by atomic mass is 32.1. The molecular weight excluding hydrogens is 240 g/mol. The van der Waals surface area contributed by atoms with Crippen LogP contribution in [-0.4, -0.2) is 9.97 Å². The highest BCUT2D eigenvalue weighted by molar-refractivity contribution is 7.71. The first-order chi connectivity index (χ1) is 8.72. The minimum atomic E-state index is 0.595. The Labute approximate surface area is 115 Å². The molecule has 1 fully saturated rings. The Hall–Kier alpha value is -0.700. The number of aromatic nitrogens is 2. The number of aryl methyl sites for hydroxylation is 1. The van der Waals surface area contributed by atoms with Crippen molar-refractivity contribution in [2.75, 3.05) is 0 Å². The monoisotopic (exact) mass is 264 g/mol. The molecule has 1 aromatic heterocycles. The Kier molecular flexibility index (Phi) is 4.93. The van der Waals surface area contributed by atoms with Gasteiger partial charge in [-0.25, -0.2) is 4.98 Å². The Balaban J connectivity index is 2.25. The number of rotatable bonds is 2. The fraction of sp³-hybridized carbons (Fsp3) is 0.733. The number of hydrogen-bond acceptors (Lipinski definition) is 2. The van der Waals surface area contributed by atoms with Crippen LogP contribution in [0.25, 0.3) is 0 Å². The molecule has 1 aliphatic rings. The average Bonchev–Trinajstić information content (AvgIpc) is 2.32. The highest BCUT2D eigenvalue weighted by Crippen LogP contribution is 2.29. The third-order valence-electron chi connectivity index (χ3n) is 4.12. The summed E-state index contributed by atoms with van der Waals surface area (Å²) in [5, 5.41) is 0. The van der Waals surface area contributed by atoms with Crippen LogP contribution in [0.1, 0.15) is 74.9 Å². The van der Waals surface area contributed by atoms with Crippen molar-refractivity contribution in [2.24, 2.45) is 0 Å². The highest BCUT2D eigenvalue weighted by Gasteiger charge is 2.16. The van der Waals surface area contributed by atoms with E-state index >= 15 is 0 Å². The largest absolute Gasteiger partial charge is 0.347 e. The summed E-state index contributed by atoms with van der Waals surface area (Å²) in [7, 11) is 0. The molecule has 0 unspecified atom stereocenters. The minimum Gasteiger partial charge on any atom is -0.347 e. The standard InChI is InChI=1S/C15H24N2S/c1-3-13-11(2)15(18)17-14(16-13)12-9-7-5-4-6-8-10-12/h12H,3-10H2,1-2H3,(H,16,17,18). The van der Waals surface area contributed by atoms with Gasteiger partial charge in [0.25, 0.3) is 0 Å². The molecule has 0 aliphatic heterocycles. The Morgan fingerprint density at radius 1 is 1.17 bits per heavy atom. The summed E-state index contributed by atoms with van der Waals surface area (Å²) >= 11 is 5.39. The topological polar surface area (TPSA) is 28.7 Å². The van der Waals surface area contributed by atoms with E-state index in [0.717, 1.165) is 22.4 Å². The quantitative estimate of drug-likeness (QED) is 0.774. The second kappa shape index (κ2) is 6.46. The molecule has 0 bridgehead atoms. The van der Waals surface area contributed by atoms with Crippen molar-refractivity contribution in [2.45, 2.75) is 71.1 Å². The molecule has 18 heavy (non-hydrogen) atoms. The molecule has 0 radical (unpaired) electrons. The molecule has 0 saturated heterocycles. The fourth-order valence-corrected chi connectivity index (χ4v) is 3.10. The summed E-state index contributed by atoms with van der Waals surface area (Å²) in [6.45, 7) is 4.25. The lowest BCUT2D eigenvalue weighted by Crippen LogP contribution is -2.10. The van der Waals surface area contributed by atoms with Crippen molar-refractivity contribution in [1.82, 2.24) is 9.97 Å². The summed E-state index contributed by atoms with van der Waals surface area (Å²) in [6, 6.07) is 0. The van der Waals surface area contributed by atoms with Gasteiger partial charge in [-0.3, -0.25) is 0 Å². The second-order valence-corrected chi connectivity index (χ2v) is 5.81. The van der Waals surface area contributed by atoms with Gasteiger partial charge in [0.1, 0.15) is 10.5 Å². The molecule has 0 amide bonds. The van der Waals surface area contributed by atoms with E-state index in [1.807, 2.05) is 0 Å². The van der Waals surface area contributed by atoms with E-state index in [1.54, 1.807) is 0 Å². The Morgan fingerprint density at radius 2 is 1.78 bits per heavy atom. The van der Waals surface area contributed by atoms with E-state index in [4.69, 9.17) is 12.2 Å². The molecular formula is C15H24N2S. The van der Waals surface area contributed by atoms with Gasteiger partial charge in [0.2, 0.25) is 0 Å². The molecule has 2 nitrogen and oxygen atoms in total. The molecule has 1 heterocycles. The van der Waals surface area contributed by atoms with Gasteiger partial charge in [-0.2, -0.15) is 0 Å². The van der Waals surface area contributed by atoms with E-state index in [0.29, 0.717) is 5.92 Å². The number of hydrogen-bond donors (Lipinski definition) is 1. The van der Waals surface area contributed by atoms with Crippen LogP contribution in [0, 0.1) is 11.6 Å². The first-order valence-corrected chi connectivity index (χ1v) is 7.73.